The molecule has 1 atom stereocenters. The Morgan fingerprint density at radius 1 is 0.975 bits per heavy atom. The third-order valence-electron chi connectivity index (χ3n) is 6.10. The molecule has 1 aliphatic rings. The molecule has 40 heavy (non-hydrogen) atoms. The Hall–Kier alpha value is -0.777. The first kappa shape index (κ1) is 35.4. The molecular formula is C28H31K2NO8S. The summed E-state index contributed by atoms with van der Waals surface area (Å²) < 4.78 is 45.2. The standard InChI is InChI=1S/C28H29NO8S.2K.2H/c1-4-5-19-14-21(28(31)32)9-12-23(19)37-26(20-8-13-24-25(15-20)36-16-35-24)27(30)29-38(33,34)22-10-6-18(7-11-22)17(2)3;;;;/h6-15,17,26H,4-5,16H2,1-3H3,(H,29,30)(H,31,32);;;;/q;2*+1;2*-1. The van der Waals surface area contributed by atoms with Gasteiger partial charge in [0.15, 0.2) is 11.5 Å². The number of hydrogen-bond donors (Lipinski definition) is 2. The summed E-state index contributed by atoms with van der Waals surface area (Å²) in [6.07, 6.45) is -0.200. The van der Waals surface area contributed by atoms with Crippen molar-refractivity contribution in [2.45, 2.75) is 50.5 Å². The Bertz CT molecular complexity index is 1470. The van der Waals surface area contributed by atoms with Gasteiger partial charge in [0.1, 0.15) is 5.75 Å². The first-order valence-corrected chi connectivity index (χ1v) is 13.7. The van der Waals surface area contributed by atoms with Crippen molar-refractivity contribution >= 4 is 21.9 Å². The van der Waals surface area contributed by atoms with E-state index < -0.39 is 28.0 Å². The molecule has 4 rings (SSSR count). The summed E-state index contributed by atoms with van der Waals surface area (Å²) in [5.74, 6) is -0.632. The van der Waals surface area contributed by atoms with E-state index in [0.29, 0.717) is 35.5 Å². The van der Waals surface area contributed by atoms with E-state index in [1.54, 1.807) is 30.3 Å². The molecule has 0 radical (unpaired) electrons. The molecule has 3 aromatic rings. The van der Waals surface area contributed by atoms with Crippen molar-refractivity contribution in [2.75, 3.05) is 6.79 Å². The van der Waals surface area contributed by atoms with Crippen LogP contribution in [0.2, 0.25) is 0 Å². The topological polar surface area (TPSA) is 128 Å². The van der Waals surface area contributed by atoms with Crippen LogP contribution in [-0.2, 0) is 21.2 Å². The number of nitrogens with one attached hydrogen (secondary N) is 1. The van der Waals surface area contributed by atoms with E-state index in [1.807, 2.05) is 20.8 Å². The van der Waals surface area contributed by atoms with E-state index in [0.717, 1.165) is 5.56 Å². The molecule has 12 heteroatoms. The molecule has 1 aliphatic heterocycles. The average molecular weight is 620 g/mol. The number of aromatic carboxylic acids is 1. The maximum Gasteiger partial charge on any atom is 1.00 e. The number of ether oxygens (including phenoxy) is 3. The molecule has 0 saturated heterocycles. The number of amides is 1. The number of carbonyl (C=O) groups is 2. The van der Waals surface area contributed by atoms with Crippen molar-refractivity contribution < 1.29 is 143 Å². The molecule has 3 aromatic carbocycles. The molecule has 1 unspecified atom stereocenters. The number of sulfonamides is 1. The van der Waals surface area contributed by atoms with Crippen LogP contribution >= 0.6 is 0 Å². The summed E-state index contributed by atoms with van der Waals surface area (Å²) in [7, 11) is -4.21. The molecule has 0 aliphatic carbocycles. The molecule has 204 valence electrons. The molecule has 0 saturated carbocycles. The van der Waals surface area contributed by atoms with Gasteiger partial charge in [-0.2, -0.15) is 0 Å². The Morgan fingerprint density at radius 3 is 2.25 bits per heavy atom. The number of aryl methyl sites for hydroxylation is 1. The van der Waals surface area contributed by atoms with Gasteiger partial charge in [-0.05, 0) is 65.9 Å². The second-order valence-electron chi connectivity index (χ2n) is 9.18. The van der Waals surface area contributed by atoms with Gasteiger partial charge in [0.2, 0.25) is 12.9 Å². The summed E-state index contributed by atoms with van der Waals surface area (Å²) in [4.78, 5) is 24.9. The summed E-state index contributed by atoms with van der Waals surface area (Å²) in [5, 5.41) is 9.39. The molecular weight excluding hydrogens is 589 g/mol. The van der Waals surface area contributed by atoms with Gasteiger partial charge in [0.05, 0.1) is 10.5 Å². The van der Waals surface area contributed by atoms with Crippen LogP contribution in [0.25, 0.3) is 0 Å². The molecule has 0 bridgehead atoms. The van der Waals surface area contributed by atoms with E-state index in [1.165, 1.54) is 30.3 Å². The van der Waals surface area contributed by atoms with Crippen molar-refractivity contribution in [2.24, 2.45) is 0 Å². The maximum atomic E-state index is 13.5. The third-order valence-corrected chi connectivity index (χ3v) is 7.46. The van der Waals surface area contributed by atoms with E-state index >= 15 is 0 Å². The minimum absolute atomic E-state index is 0. The zero-order valence-corrected chi connectivity index (χ0v) is 30.3. The molecule has 1 heterocycles. The van der Waals surface area contributed by atoms with E-state index in [9.17, 15) is 23.1 Å². The largest absolute Gasteiger partial charge is 1.00 e. The predicted molar refractivity (Wildman–Crippen MR) is 141 cm³/mol. The number of fused-ring (bicyclic) bond motifs is 1. The van der Waals surface area contributed by atoms with Crippen molar-refractivity contribution in [3.63, 3.8) is 0 Å². The fourth-order valence-electron chi connectivity index (χ4n) is 4.05. The smallest absolute Gasteiger partial charge is 1.00 e. The number of rotatable bonds is 10. The van der Waals surface area contributed by atoms with Crippen LogP contribution in [-0.4, -0.2) is 32.2 Å². The van der Waals surface area contributed by atoms with Crippen LogP contribution in [0.1, 0.15) is 69.1 Å². The van der Waals surface area contributed by atoms with Gasteiger partial charge in [0, 0.05) is 5.56 Å². The minimum atomic E-state index is -4.21. The summed E-state index contributed by atoms with van der Waals surface area (Å²) in [5.41, 5.74) is 1.96. The van der Waals surface area contributed by atoms with Crippen molar-refractivity contribution in [3.8, 4) is 17.2 Å². The first-order valence-electron chi connectivity index (χ1n) is 12.2. The molecule has 9 nitrogen and oxygen atoms in total. The molecule has 1 amide bonds. The summed E-state index contributed by atoms with van der Waals surface area (Å²) >= 11 is 0. The number of hydrogen-bond acceptors (Lipinski definition) is 7. The quantitative estimate of drug-likeness (QED) is 0.278. The second-order valence-corrected chi connectivity index (χ2v) is 10.9. The van der Waals surface area contributed by atoms with Crippen molar-refractivity contribution in [3.05, 3.63) is 82.9 Å². The maximum absolute atomic E-state index is 13.5. The van der Waals surface area contributed by atoms with Gasteiger partial charge in [-0.1, -0.05) is 45.4 Å². The van der Waals surface area contributed by atoms with Crippen LogP contribution < -0.4 is 122 Å². The number of carbonyl (C=O) groups excluding carboxylic acids is 1. The zero-order chi connectivity index (χ0) is 27.4. The first-order chi connectivity index (χ1) is 18.1. The van der Waals surface area contributed by atoms with Crippen LogP contribution in [0.4, 0.5) is 0 Å². The van der Waals surface area contributed by atoms with Crippen LogP contribution in [0.15, 0.2) is 65.6 Å². The van der Waals surface area contributed by atoms with E-state index in [-0.39, 0.29) is 135 Å². The Kier molecular flexibility index (Phi) is 13.8. The molecule has 0 spiro atoms. The summed E-state index contributed by atoms with van der Waals surface area (Å²) in [6, 6.07) is 15.4. The monoisotopic (exact) mass is 619 g/mol. The molecule has 0 fully saturated rings. The number of benzene rings is 3. The number of carboxylic acids is 1. The minimum Gasteiger partial charge on any atom is -1.00 e. The second kappa shape index (κ2) is 15.6. The van der Waals surface area contributed by atoms with E-state index in [4.69, 9.17) is 14.2 Å². The predicted octanol–water partition coefficient (Wildman–Crippen LogP) is -0.952. The van der Waals surface area contributed by atoms with Gasteiger partial charge >= 0.3 is 109 Å². The molecule has 2 N–H and O–H groups in total. The van der Waals surface area contributed by atoms with Gasteiger partial charge in [-0.3, -0.25) is 4.79 Å². The normalized spacial score (nSPS) is 12.6. The SMILES string of the molecule is CCCc1cc(C(=O)O)ccc1OC(C(=O)NS(=O)(=O)c1ccc(C(C)C)cc1)c1ccc2c(c1)OCO2.[H-].[H-].[K+].[K+]. The average Bonchev–Trinajstić information content (AvgIpc) is 3.35. The zero-order valence-electron chi connectivity index (χ0n) is 25.3. The van der Waals surface area contributed by atoms with Gasteiger partial charge in [-0.15, -0.1) is 0 Å². The fraction of sp³-hybridized carbons (Fsp3) is 0.286. The Balaban J connectivity index is 0.00000420. The van der Waals surface area contributed by atoms with Gasteiger partial charge in [0.25, 0.3) is 15.9 Å². The summed E-state index contributed by atoms with van der Waals surface area (Å²) in [6.45, 7) is 5.94. The Labute approximate surface area is 322 Å². The Morgan fingerprint density at radius 2 is 1.62 bits per heavy atom. The molecule has 0 aromatic heterocycles. The van der Waals surface area contributed by atoms with Crippen LogP contribution in [0, 0.1) is 0 Å². The van der Waals surface area contributed by atoms with Crippen LogP contribution in [0.3, 0.4) is 0 Å². The van der Waals surface area contributed by atoms with E-state index in [2.05, 4.69) is 4.72 Å². The number of carboxylic acid groups (broad SMARTS) is 1. The van der Waals surface area contributed by atoms with Gasteiger partial charge < -0.3 is 22.2 Å². The fourth-order valence-corrected chi connectivity index (χ4v) is 5.03. The van der Waals surface area contributed by atoms with Crippen molar-refractivity contribution in [1.29, 1.82) is 0 Å². The van der Waals surface area contributed by atoms with Crippen LogP contribution in [0.5, 0.6) is 17.2 Å². The third kappa shape index (κ3) is 8.63. The van der Waals surface area contributed by atoms with Crippen molar-refractivity contribution in [1.82, 2.24) is 4.72 Å². The van der Waals surface area contributed by atoms with Gasteiger partial charge in [-0.25, -0.2) is 17.9 Å².